The molecule has 2 N–H and O–H groups in total. The first-order chi connectivity index (χ1) is 16.2. The summed E-state index contributed by atoms with van der Waals surface area (Å²) >= 11 is 1.08. The van der Waals surface area contributed by atoms with Gasteiger partial charge in [0.05, 0.1) is 11.8 Å². The lowest BCUT2D eigenvalue weighted by Crippen LogP contribution is -2.31. The van der Waals surface area contributed by atoms with Gasteiger partial charge < -0.3 is 10.0 Å². The van der Waals surface area contributed by atoms with Crippen molar-refractivity contribution in [2.75, 3.05) is 36.4 Å². The summed E-state index contributed by atoms with van der Waals surface area (Å²) in [4.78, 5) is 25.0. The zero-order chi connectivity index (χ0) is 23.9. The van der Waals surface area contributed by atoms with Gasteiger partial charge in [0.2, 0.25) is 0 Å². The van der Waals surface area contributed by atoms with Crippen LogP contribution in [0.25, 0.3) is 10.2 Å². The number of carbonyl (C=O) groups is 1. The van der Waals surface area contributed by atoms with Crippen molar-refractivity contribution in [3.05, 3.63) is 47.1 Å². The van der Waals surface area contributed by atoms with Gasteiger partial charge in [-0.2, -0.15) is 13.2 Å². The van der Waals surface area contributed by atoms with E-state index in [9.17, 15) is 18.0 Å². The number of nitrogens with one attached hydrogen (secondary N) is 1. The van der Waals surface area contributed by atoms with E-state index in [1.54, 1.807) is 12.1 Å². The SMILES string of the molecule is O=C(O)Nc1cccc(CN2CCC3(CCN(c4ncnc5sc(CC(F)(F)F)cc45)C3)C2)c1. The zero-order valence-electron chi connectivity index (χ0n) is 18.3. The highest BCUT2D eigenvalue weighted by Crippen LogP contribution is 2.43. The van der Waals surface area contributed by atoms with Gasteiger partial charge >= 0.3 is 12.3 Å². The Labute approximate surface area is 198 Å². The van der Waals surface area contributed by atoms with Crippen molar-refractivity contribution in [3.63, 3.8) is 0 Å². The Kier molecular flexibility index (Phi) is 5.85. The van der Waals surface area contributed by atoms with E-state index in [0.29, 0.717) is 15.9 Å². The van der Waals surface area contributed by atoms with Gasteiger partial charge in [-0.25, -0.2) is 14.8 Å². The first-order valence-corrected chi connectivity index (χ1v) is 11.9. The number of alkyl halides is 3. The van der Waals surface area contributed by atoms with E-state index in [4.69, 9.17) is 5.11 Å². The number of aromatic nitrogens is 2. The molecule has 3 aromatic rings. The minimum absolute atomic E-state index is 0.110. The Morgan fingerprint density at radius 1 is 1.18 bits per heavy atom. The predicted molar refractivity (Wildman–Crippen MR) is 124 cm³/mol. The van der Waals surface area contributed by atoms with Crippen molar-refractivity contribution in [1.29, 1.82) is 0 Å². The molecule has 7 nitrogen and oxygen atoms in total. The molecule has 0 aliphatic carbocycles. The smallest absolute Gasteiger partial charge is 0.409 e. The standard InChI is InChI=1S/C23H24F3N5O2S/c24-23(25,26)10-17-9-18-19(27-14-28-20(18)34-17)31-7-5-22(13-31)4-6-30(12-22)11-15-2-1-3-16(8-15)29-21(32)33/h1-3,8-9,14,29H,4-7,10-13H2,(H,32,33). The lowest BCUT2D eigenvalue weighted by Gasteiger charge is -2.25. The van der Waals surface area contributed by atoms with Crippen LogP contribution in [0, 0.1) is 5.41 Å². The molecule has 0 saturated carbocycles. The number of fused-ring (bicyclic) bond motifs is 1. The number of benzene rings is 1. The van der Waals surface area contributed by atoms with Gasteiger partial charge in [0.25, 0.3) is 0 Å². The Bertz CT molecular complexity index is 1220. The van der Waals surface area contributed by atoms with Gasteiger partial charge in [0, 0.05) is 42.2 Å². The van der Waals surface area contributed by atoms with Crippen molar-refractivity contribution in [1.82, 2.24) is 14.9 Å². The minimum Gasteiger partial charge on any atom is -0.465 e. The molecule has 11 heteroatoms. The third kappa shape index (κ3) is 4.95. The number of nitrogens with zero attached hydrogens (tertiary/aromatic N) is 4. The van der Waals surface area contributed by atoms with Crippen LogP contribution in [0.5, 0.6) is 0 Å². The van der Waals surface area contributed by atoms with Crippen molar-refractivity contribution in [3.8, 4) is 0 Å². The van der Waals surface area contributed by atoms with Gasteiger partial charge in [-0.05, 0) is 43.1 Å². The number of amides is 1. The van der Waals surface area contributed by atoms with E-state index >= 15 is 0 Å². The third-order valence-electron chi connectivity index (χ3n) is 6.57. The lowest BCUT2D eigenvalue weighted by atomic mass is 9.86. The van der Waals surface area contributed by atoms with Crippen LogP contribution in [0.2, 0.25) is 0 Å². The highest BCUT2D eigenvalue weighted by molar-refractivity contribution is 7.18. The molecule has 180 valence electrons. The summed E-state index contributed by atoms with van der Waals surface area (Å²) in [5, 5.41) is 12.0. The first-order valence-electron chi connectivity index (χ1n) is 11.0. The summed E-state index contributed by atoms with van der Waals surface area (Å²) in [6.45, 7) is 4.21. The maximum absolute atomic E-state index is 12.9. The molecule has 2 aliphatic heterocycles. The van der Waals surface area contributed by atoms with Crippen molar-refractivity contribution in [2.45, 2.75) is 32.0 Å². The molecule has 34 heavy (non-hydrogen) atoms. The van der Waals surface area contributed by atoms with Crippen LogP contribution in [0.15, 0.2) is 36.7 Å². The van der Waals surface area contributed by atoms with Crippen LogP contribution in [-0.4, -0.2) is 58.4 Å². The van der Waals surface area contributed by atoms with Crippen LogP contribution < -0.4 is 10.2 Å². The molecule has 1 atom stereocenters. The summed E-state index contributed by atoms with van der Waals surface area (Å²) in [5.41, 5.74) is 1.71. The fourth-order valence-corrected chi connectivity index (χ4v) is 6.19. The summed E-state index contributed by atoms with van der Waals surface area (Å²) in [5.74, 6) is 0.720. The topological polar surface area (TPSA) is 81.6 Å². The molecule has 0 bridgehead atoms. The minimum atomic E-state index is -4.25. The summed E-state index contributed by atoms with van der Waals surface area (Å²) < 4.78 is 38.6. The molecule has 1 amide bonds. The van der Waals surface area contributed by atoms with E-state index < -0.39 is 18.7 Å². The second-order valence-corrected chi connectivity index (χ2v) is 10.3. The van der Waals surface area contributed by atoms with E-state index in [2.05, 4.69) is 25.1 Å². The van der Waals surface area contributed by atoms with Crippen LogP contribution >= 0.6 is 11.3 Å². The summed E-state index contributed by atoms with van der Waals surface area (Å²) in [6, 6.07) is 9.01. The molecule has 5 rings (SSSR count). The molecular weight excluding hydrogens is 467 g/mol. The Morgan fingerprint density at radius 2 is 2.00 bits per heavy atom. The van der Waals surface area contributed by atoms with Crippen molar-refractivity contribution in [2.24, 2.45) is 5.41 Å². The molecule has 1 unspecified atom stereocenters. The van der Waals surface area contributed by atoms with Gasteiger partial charge in [0.1, 0.15) is 17.0 Å². The number of carboxylic acid groups (broad SMARTS) is 1. The van der Waals surface area contributed by atoms with Gasteiger partial charge in [-0.1, -0.05) is 12.1 Å². The Morgan fingerprint density at radius 3 is 2.79 bits per heavy atom. The fraction of sp³-hybridized carbons (Fsp3) is 0.435. The monoisotopic (exact) mass is 491 g/mol. The number of anilines is 2. The number of likely N-dealkylation sites (tertiary alicyclic amines) is 1. The van der Waals surface area contributed by atoms with Crippen LogP contribution in [-0.2, 0) is 13.0 Å². The Balaban J connectivity index is 1.27. The van der Waals surface area contributed by atoms with E-state index in [1.807, 2.05) is 18.2 Å². The average Bonchev–Trinajstić information content (AvgIpc) is 3.45. The molecule has 2 aromatic heterocycles. The largest absolute Gasteiger partial charge is 0.465 e. The predicted octanol–water partition coefficient (Wildman–Crippen LogP) is 4.99. The molecule has 2 fully saturated rings. The lowest BCUT2D eigenvalue weighted by molar-refractivity contribution is -0.126. The van der Waals surface area contributed by atoms with Crippen LogP contribution in [0.3, 0.4) is 0 Å². The molecular formula is C23H24F3N5O2S. The highest BCUT2D eigenvalue weighted by atomic mass is 32.1. The summed E-state index contributed by atoms with van der Waals surface area (Å²) in [6.07, 6.45) is -2.81. The van der Waals surface area contributed by atoms with E-state index in [-0.39, 0.29) is 10.3 Å². The Hall–Kier alpha value is -2.92. The molecule has 1 aromatic carbocycles. The quantitative estimate of drug-likeness (QED) is 0.524. The average molecular weight is 492 g/mol. The molecule has 2 aliphatic rings. The molecule has 1 spiro atoms. The fourth-order valence-electron chi connectivity index (χ4n) is 5.17. The third-order valence-corrected chi connectivity index (χ3v) is 7.62. The molecule has 2 saturated heterocycles. The van der Waals surface area contributed by atoms with Gasteiger partial charge in [0.15, 0.2) is 0 Å². The van der Waals surface area contributed by atoms with Gasteiger partial charge in [-0.15, -0.1) is 11.3 Å². The second-order valence-electron chi connectivity index (χ2n) is 9.18. The number of thiophene rings is 1. The number of rotatable bonds is 5. The number of hydrogen-bond donors (Lipinski definition) is 2. The van der Waals surface area contributed by atoms with Gasteiger partial charge in [-0.3, -0.25) is 10.2 Å². The van der Waals surface area contributed by atoms with Crippen LogP contribution in [0.4, 0.5) is 29.5 Å². The molecule has 0 radical (unpaired) electrons. The van der Waals surface area contributed by atoms with Crippen LogP contribution in [0.1, 0.15) is 23.3 Å². The maximum Gasteiger partial charge on any atom is 0.409 e. The maximum atomic E-state index is 12.9. The second kappa shape index (κ2) is 8.70. The number of halogens is 3. The van der Waals surface area contributed by atoms with E-state index in [0.717, 1.165) is 68.3 Å². The zero-order valence-corrected chi connectivity index (χ0v) is 19.1. The normalized spacial score (nSPS) is 21.1. The summed E-state index contributed by atoms with van der Waals surface area (Å²) in [7, 11) is 0. The molecule has 4 heterocycles. The number of hydrogen-bond acceptors (Lipinski definition) is 6. The van der Waals surface area contributed by atoms with E-state index in [1.165, 1.54) is 6.33 Å². The van der Waals surface area contributed by atoms with Crippen molar-refractivity contribution < 1.29 is 23.1 Å². The first kappa shape index (κ1) is 22.9. The highest BCUT2D eigenvalue weighted by Gasteiger charge is 2.44. The van der Waals surface area contributed by atoms with Crippen molar-refractivity contribution >= 4 is 39.2 Å².